The Kier molecular flexibility index (Phi) is 5.86. The van der Waals surface area contributed by atoms with Crippen molar-refractivity contribution in [2.24, 2.45) is 0 Å². The Morgan fingerprint density at radius 3 is 2.72 bits per heavy atom. The van der Waals surface area contributed by atoms with E-state index in [0.29, 0.717) is 17.4 Å². The number of ether oxygens (including phenoxy) is 3. The molecule has 0 aromatic carbocycles. The minimum absolute atomic E-state index is 0.0374. The molecule has 1 saturated carbocycles. The molecule has 4 heterocycles. The summed E-state index contributed by atoms with van der Waals surface area (Å²) >= 11 is 7.57. The first-order valence-corrected chi connectivity index (χ1v) is 12.4. The van der Waals surface area contributed by atoms with Crippen LogP contribution in [0.4, 0.5) is 5.82 Å². The Bertz CT molecular complexity index is 1030. The lowest BCUT2D eigenvalue weighted by atomic mass is 10.1. The van der Waals surface area contributed by atoms with E-state index in [-0.39, 0.29) is 28.7 Å². The lowest BCUT2D eigenvalue weighted by Gasteiger charge is -2.26. The molecule has 2 aliphatic heterocycles. The molecule has 174 valence electrons. The number of fused-ring (bicyclic) bond motifs is 2. The summed E-state index contributed by atoms with van der Waals surface area (Å²) in [5.41, 5.74) is 0.599. The average molecular weight is 482 g/mol. The van der Waals surface area contributed by atoms with Crippen molar-refractivity contribution >= 4 is 45.3 Å². The maximum absolute atomic E-state index is 11.5. The summed E-state index contributed by atoms with van der Waals surface area (Å²) in [7, 11) is 2.05. The van der Waals surface area contributed by atoms with Gasteiger partial charge in [0.2, 0.25) is 5.28 Å². The van der Waals surface area contributed by atoms with Crippen molar-refractivity contribution in [3.05, 3.63) is 11.5 Å². The Balaban J connectivity index is 1.50. The predicted molar refractivity (Wildman–Crippen MR) is 122 cm³/mol. The van der Waals surface area contributed by atoms with Crippen LogP contribution in [0.1, 0.15) is 52.7 Å². The number of anilines is 1. The average Bonchev–Trinajstić information content (AvgIpc) is 3.49. The van der Waals surface area contributed by atoms with Gasteiger partial charge >= 0.3 is 0 Å². The molecule has 0 radical (unpaired) electrons. The maximum Gasteiger partial charge on any atom is 0.226 e. The van der Waals surface area contributed by atoms with Crippen LogP contribution in [-0.4, -0.2) is 67.8 Å². The molecule has 5 rings (SSSR count). The Morgan fingerprint density at radius 1 is 1.28 bits per heavy atom. The molecule has 0 bridgehead atoms. The zero-order chi connectivity index (χ0) is 22.6. The molecule has 0 amide bonds. The van der Waals surface area contributed by atoms with Gasteiger partial charge in [-0.2, -0.15) is 15.1 Å². The third-order valence-electron chi connectivity index (χ3n) is 6.43. The molecule has 0 spiro atoms. The Labute approximate surface area is 196 Å². The molecular weight excluding hydrogens is 454 g/mol. The monoisotopic (exact) mass is 481 g/mol. The third kappa shape index (κ3) is 4.00. The Hall–Kier alpha value is -1.46. The number of hydrogen-bond donors (Lipinski definition) is 0. The molecule has 0 unspecified atom stereocenters. The summed E-state index contributed by atoms with van der Waals surface area (Å²) in [6, 6.07) is 0.431. The van der Waals surface area contributed by atoms with Gasteiger partial charge in [0, 0.05) is 25.8 Å². The van der Waals surface area contributed by atoms with Crippen molar-refractivity contribution in [3.8, 4) is 0 Å². The van der Waals surface area contributed by atoms with E-state index < -0.39 is 12.0 Å². The second-order valence-corrected chi connectivity index (χ2v) is 10.7. The fourth-order valence-electron chi connectivity index (χ4n) is 4.99. The van der Waals surface area contributed by atoms with Crippen LogP contribution in [0.2, 0.25) is 5.28 Å². The third-order valence-corrected chi connectivity index (χ3v) is 7.50. The normalized spacial score (nSPS) is 29.7. The molecule has 11 heteroatoms. The van der Waals surface area contributed by atoms with E-state index in [1.807, 2.05) is 13.8 Å². The number of thioether (sulfide) groups is 1. The lowest BCUT2D eigenvalue weighted by Crippen LogP contribution is -2.31. The maximum atomic E-state index is 11.5. The minimum atomic E-state index is -0.750. The molecule has 2 aromatic rings. The smallest absolute Gasteiger partial charge is 0.226 e. The molecule has 2 aromatic heterocycles. The van der Waals surface area contributed by atoms with Crippen LogP contribution in [0.3, 0.4) is 0 Å². The first kappa shape index (κ1) is 22.3. The van der Waals surface area contributed by atoms with Crippen molar-refractivity contribution in [2.45, 2.75) is 82.8 Å². The highest BCUT2D eigenvalue weighted by atomic mass is 35.5. The summed E-state index contributed by atoms with van der Waals surface area (Å²) in [4.78, 5) is 22.7. The van der Waals surface area contributed by atoms with Crippen molar-refractivity contribution in [3.63, 3.8) is 0 Å². The molecule has 9 nitrogen and oxygen atoms in total. The molecular formula is C21H28ClN5O4S. The molecule has 3 fully saturated rings. The highest BCUT2D eigenvalue weighted by molar-refractivity contribution is 8.13. The van der Waals surface area contributed by atoms with Gasteiger partial charge in [-0.25, -0.2) is 4.68 Å². The van der Waals surface area contributed by atoms with Crippen LogP contribution >= 0.6 is 23.4 Å². The number of rotatable bonds is 5. The molecule has 2 saturated heterocycles. The van der Waals surface area contributed by atoms with E-state index in [0.717, 1.165) is 24.0 Å². The summed E-state index contributed by atoms with van der Waals surface area (Å²) in [5.74, 6) is 0.511. The van der Waals surface area contributed by atoms with Gasteiger partial charge in [0.15, 0.2) is 22.8 Å². The van der Waals surface area contributed by atoms with E-state index in [1.54, 1.807) is 17.8 Å². The second-order valence-electron chi connectivity index (χ2n) is 9.12. The molecule has 32 heavy (non-hydrogen) atoms. The fraction of sp³-hybridized carbons (Fsp3) is 0.714. The number of halogens is 1. The van der Waals surface area contributed by atoms with Gasteiger partial charge in [-0.1, -0.05) is 24.6 Å². The van der Waals surface area contributed by atoms with Crippen molar-refractivity contribution < 1.29 is 19.0 Å². The second kappa shape index (κ2) is 8.39. The first-order valence-electron chi connectivity index (χ1n) is 11.0. The zero-order valence-corrected chi connectivity index (χ0v) is 20.2. The number of nitrogens with zero attached hydrogens (tertiary/aromatic N) is 5. The number of aromatic nitrogens is 4. The standard InChI is InChI=1S/C21H28ClN5O4S/c1-11(28)32-10-14-15-16(31-21(2,3)30-15)19(29-14)27-18-13(9-23-27)17(24-20(22)25-18)26(4)12-7-5-6-8-12/h9,12,14-16,19H,5-8,10H2,1-4H3/t14-,15-,16-,19-/m1/s1. The molecule has 3 aliphatic rings. The first-order chi connectivity index (χ1) is 15.2. The Morgan fingerprint density at radius 2 is 2.00 bits per heavy atom. The van der Waals surface area contributed by atoms with Crippen LogP contribution in [0.5, 0.6) is 0 Å². The van der Waals surface area contributed by atoms with Crippen molar-refractivity contribution in [1.29, 1.82) is 0 Å². The molecule has 4 atom stereocenters. The van der Waals surface area contributed by atoms with E-state index in [4.69, 9.17) is 25.8 Å². The van der Waals surface area contributed by atoms with Gasteiger partial charge in [0.1, 0.15) is 18.0 Å². The van der Waals surface area contributed by atoms with Crippen LogP contribution < -0.4 is 4.90 Å². The SMILES string of the molecule is CC(=O)SC[C@H]1O[C@@H](n2ncc3c(N(C)C4CCCC4)nc(Cl)nc32)[C@@H]2OC(C)(C)O[C@@H]21. The number of carbonyl (C=O) groups excluding carboxylic acids is 1. The van der Waals surface area contributed by atoms with Gasteiger partial charge < -0.3 is 19.1 Å². The van der Waals surface area contributed by atoms with Crippen LogP contribution in [0.25, 0.3) is 11.0 Å². The van der Waals surface area contributed by atoms with Gasteiger partial charge in [-0.3, -0.25) is 4.79 Å². The quantitative estimate of drug-likeness (QED) is 0.594. The van der Waals surface area contributed by atoms with E-state index in [9.17, 15) is 4.79 Å². The van der Waals surface area contributed by atoms with Gasteiger partial charge in [-0.05, 0) is 38.3 Å². The highest BCUT2D eigenvalue weighted by Crippen LogP contribution is 2.44. The fourth-order valence-corrected chi connectivity index (χ4v) is 5.82. The number of carbonyl (C=O) groups is 1. The van der Waals surface area contributed by atoms with Crippen LogP contribution in [0, 0.1) is 0 Å². The van der Waals surface area contributed by atoms with E-state index >= 15 is 0 Å². The van der Waals surface area contributed by atoms with Crippen molar-refractivity contribution in [2.75, 3.05) is 17.7 Å². The van der Waals surface area contributed by atoms with Crippen molar-refractivity contribution in [1.82, 2.24) is 19.7 Å². The van der Waals surface area contributed by atoms with Crippen LogP contribution in [0.15, 0.2) is 6.20 Å². The van der Waals surface area contributed by atoms with Crippen LogP contribution in [-0.2, 0) is 19.0 Å². The van der Waals surface area contributed by atoms with E-state index in [1.165, 1.54) is 24.6 Å². The summed E-state index contributed by atoms with van der Waals surface area (Å²) in [6.07, 6.45) is 4.95. The van der Waals surface area contributed by atoms with Gasteiger partial charge in [-0.15, -0.1) is 0 Å². The molecule has 1 aliphatic carbocycles. The van der Waals surface area contributed by atoms with E-state index in [2.05, 4.69) is 27.0 Å². The molecule has 0 N–H and O–H groups in total. The zero-order valence-electron chi connectivity index (χ0n) is 18.7. The number of hydrogen-bond acceptors (Lipinski definition) is 9. The summed E-state index contributed by atoms with van der Waals surface area (Å²) in [6.45, 7) is 5.31. The topological polar surface area (TPSA) is 91.6 Å². The highest BCUT2D eigenvalue weighted by Gasteiger charge is 2.56. The lowest BCUT2D eigenvalue weighted by molar-refractivity contribution is -0.195. The summed E-state index contributed by atoms with van der Waals surface area (Å²) < 4.78 is 20.4. The van der Waals surface area contributed by atoms with Gasteiger partial charge in [0.05, 0.1) is 17.7 Å². The summed E-state index contributed by atoms with van der Waals surface area (Å²) in [5, 5.41) is 5.65. The predicted octanol–water partition coefficient (Wildman–Crippen LogP) is 3.56. The minimum Gasteiger partial charge on any atom is -0.356 e. The largest absolute Gasteiger partial charge is 0.356 e. The van der Waals surface area contributed by atoms with Gasteiger partial charge in [0.25, 0.3) is 0 Å².